The van der Waals surface area contributed by atoms with Crippen LogP contribution < -0.4 is 16.0 Å². The van der Waals surface area contributed by atoms with Gasteiger partial charge >= 0.3 is 6.03 Å². The van der Waals surface area contributed by atoms with Gasteiger partial charge in [-0.25, -0.2) is 4.79 Å². The van der Waals surface area contributed by atoms with Crippen LogP contribution in [0.25, 0.3) is 0 Å². The summed E-state index contributed by atoms with van der Waals surface area (Å²) >= 11 is 0. The first-order valence-corrected chi connectivity index (χ1v) is 8.87. The van der Waals surface area contributed by atoms with Crippen LogP contribution in [0.2, 0.25) is 0 Å². The van der Waals surface area contributed by atoms with Crippen LogP contribution in [0.1, 0.15) is 42.5 Å². The molecule has 6 nitrogen and oxygen atoms in total. The highest BCUT2D eigenvalue weighted by molar-refractivity contribution is 5.98. The first-order chi connectivity index (χ1) is 11.7. The second kappa shape index (κ2) is 7.66. The van der Waals surface area contributed by atoms with Crippen LogP contribution in [-0.4, -0.2) is 49.1 Å². The van der Waals surface area contributed by atoms with Gasteiger partial charge in [-0.2, -0.15) is 0 Å². The number of anilines is 1. The van der Waals surface area contributed by atoms with E-state index in [-0.39, 0.29) is 18.0 Å². The molecule has 2 aliphatic heterocycles. The third-order valence-electron chi connectivity index (χ3n) is 4.87. The maximum atomic E-state index is 13.0. The van der Waals surface area contributed by atoms with E-state index in [4.69, 9.17) is 5.73 Å². The molecule has 0 bridgehead atoms. The van der Waals surface area contributed by atoms with Crippen molar-refractivity contribution in [2.75, 3.05) is 31.1 Å². The van der Waals surface area contributed by atoms with Gasteiger partial charge in [-0.15, -0.1) is 0 Å². The zero-order chi connectivity index (χ0) is 16.9. The molecule has 0 aromatic heterocycles. The lowest BCUT2D eigenvalue weighted by atomic mass is 9.98. The van der Waals surface area contributed by atoms with Gasteiger partial charge in [-0.3, -0.25) is 9.69 Å². The zero-order valence-electron chi connectivity index (χ0n) is 14.0. The van der Waals surface area contributed by atoms with Crippen molar-refractivity contribution in [3.05, 3.63) is 29.8 Å². The summed E-state index contributed by atoms with van der Waals surface area (Å²) in [5.74, 6) is 0.0485. The maximum Gasteiger partial charge on any atom is 0.321 e. The second-order valence-corrected chi connectivity index (χ2v) is 6.51. The first kappa shape index (κ1) is 16.8. The fourth-order valence-electron chi connectivity index (χ4n) is 3.61. The van der Waals surface area contributed by atoms with Crippen molar-refractivity contribution in [3.63, 3.8) is 0 Å². The summed E-state index contributed by atoms with van der Waals surface area (Å²) < 4.78 is 0. The number of carbonyl (C=O) groups excluding carboxylic acids is 2. The third kappa shape index (κ3) is 3.53. The third-order valence-corrected chi connectivity index (χ3v) is 4.87. The van der Waals surface area contributed by atoms with E-state index in [2.05, 4.69) is 5.32 Å². The molecule has 1 unspecified atom stereocenters. The van der Waals surface area contributed by atoms with Gasteiger partial charge in [-0.1, -0.05) is 6.07 Å². The molecule has 1 aromatic carbocycles. The molecule has 3 rings (SSSR count). The molecule has 1 atom stereocenters. The van der Waals surface area contributed by atoms with Crippen LogP contribution in [0.15, 0.2) is 24.3 Å². The normalized spacial score (nSPS) is 21.5. The number of nitrogens with one attached hydrogen (secondary N) is 1. The fraction of sp³-hybridized carbons (Fsp3) is 0.556. The zero-order valence-corrected chi connectivity index (χ0v) is 14.0. The number of likely N-dealkylation sites (tertiary alicyclic amines) is 1. The van der Waals surface area contributed by atoms with Gasteiger partial charge in [0.25, 0.3) is 5.91 Å². The molecule has 0 aliphatic carbocycles. The summed E-state index contributed by atoms with van der Waals surface area (Å²) in [5, 5.41) is 2.84. The van der Waals surface area contributed by atoms with Gasteiger partial charge in [-0.05, 0) is 56.8 Å². The Bertz CT molecular complexity index is 602. The summed E-state index contributed by atoms with van der Waals surface area (Å²) in [5.41, 5.74) is 7.14. The quantitative estimate of drug-likeness (QED) is 0.885. The minimum absolute atomic E-state index is 0.0485. The van der Waals surface area contributed by atoms with Crippen molar-refractivity contribution in [2.24, 2.45) is 5.73 Å². The van der Waals surface area contributed by atoms with Crippen molar-refractivity contribution in [3.8, 4) is 0 Å². The Kier molecular flexibility index (Phi) is 5.35. The van der Waals surface area contributed by atoms with E-state index in [0.29, 0.717) is 25.2 Å². The van der Waals surface area contributed by atoms with Crippen LogP contribution in [0.3, 0.4) is 0 Å². The molecule has 2 aliphatic rings. The van der Waals surface area contributed by atoms with Crippen molar-refractivity contribution in [1.29, 1.82) is 0 Å². The van der Waals surface area contributed by atoms with E-state index in [9.17, 15) is 9.59 Å². The summed E-state index contributed by atoms with van der Waals surface area (Å²) in [6.45, 7) is 2.78. The highest BCUT2D eigenvalue weighted by Gasteiger charge is 2.27. The monoisotopic (exact) mass is 330 g/mol. The van der Waals surface area contributed by atoms with E-state index < -0.39 is 0 Å². The molecule has 2 heterocycles. The lowest BCUT2D eigenvalue weighted by Gasteiger charge is -2.36. The molecule has 2 fully saturated rings. The Morgan fingerprint density at radius 2 is 2.12 bits per heavy atom. The molecular formula is C18H26N4O2. The highest BCUT2D eigenvalue weighted by Crippen LogP contribution is 2.24. The Morgan fingerprint density at radius 1 is 1.25 bits per heavy atom. The molecule has 3 amide bonds. The largest absolute Gasteiger partial charge is 0.338 e. The van der Waals surface area contributed by atoms with Gasteiger partial charge in [0.15, 0.2) is 0 Å². The summed E-state index contributed by atoms with van der Waals surface area (Å²) in [4.78, 5) is 28.7. The topological polar surface area (TPSA) is 78.7 Å². The number of benzene rings is 1. The number of nitrogens with zero attached hydrogens (tertiary/aromatic N) is 2. The van der Waals surface area contributed by atoms with Gasteiger partial charge in [0, 0.05) is 36.9 Å². The van der Waals surface area contributed by atoms with Crippen LogP contribution in [0.4, 0.5) is 10.5 Å². The molecule has 24 heavy (non-hydrogen) atoms. The Morgan fingerprint density at radius 3 is 2.92 bits per heavy atom. The average molecular weight is 330 g/mol. The molecule has 0 saturated carbocycles. The molecule has 1 aromatic rings. The minimum atomic E-state index is -0.0928. The number of amides is 3. The van der Waals surface area contributed by atoms with Gasteiger partial charge < -0.3 is 16.0 Å². The van der Waals surface area contributed by atoms with E-state index in [0.717, 1.165) is 44.3 Å². The number of rotatable bonds is 4. The number of hydrogen-bond donors (Lipinski definition) is 2. The molecule has 3 N–H and O–H groups in total. The Balaban J connectivity index is 1.79. The molecule has 0 spiro atoms. The van der Waals surface area contributed by atoms with E-state index >= 15 is 0 Å². The van der Waals surface area contributed by atoms with Crippen LogP contribution in [-0.2, 0) is 0 Å². The predicted molar refractivity (Wildman–Crippen MR) is 94.2 cm³/mol. The van der Waals surface area contributed by atoms with Crippen molar-refractivity contribution >= 4 is 17.6 Å². The first-order valence-electron chi connectivity index (χ1n) is 8.87. The lowest BCUT2D eigenvalue weighted by Crippen LogP contribution is -2.47. The van der Waals surface area contributed by atoms with Crippen LogP contribution in [0.5, 0.6) is 0 Å². The number of urea groups is 1. The fourth-order valence-corrected chi connectivity index (χ4v) is 3.61. The highest BCUT2D eigenvalue weighted by atomic mass is 16.2. The molecule has 0 radical (unpaired) electrons. The standard InChI is InChI=1S/C18H26N4O2/c19-9-8-15-6-1-2-11-21(15)17(23)14-5-3-7-16(13-14)22-12-4-10-20-18(22)24/h3,5,7,13,15H,1-2,4,6,8-12,19H2,(H,20,24). The minimum Gasteiger partial charge on any atom is -0.338 e. The Hall–Kier alpha value is -2.08. The summed E-state index contributed by atoms with van der Waals surface area (Å²) in [6, 6.07) is 7.55. The van der Waals surface area contributed by atoms with Crippen molar-refractivity contribution in [1.82, 2.24) is 10.2 Å². The lowest BCUT2D eigenvalue weighted by molar-refractivity contribution is 0.0605. The van der Waals surface area contributed by atoms with Gasteiger partial charge in [0.05, 0.1) is 0 Å². The number of hydrogen-bond acceptors (Lipinski definition) is 3. The number of nitrogens with two attached hydrogens (primary N) is 1. The molecule has 130 valence electrons. The van der Waals surface area contributed by atoms with E-state index in [1.807, 2.05) is 29.2 Å². The SMILES string of the molecule is NCCC1CCCCN1C(=O)c1cccc(N2CCCNC2=O)c1. The summed E-state index contributed by atoms with van der Waals surface area (Å²) in [7, 11) is 0. The molecule has 2 saturated heterocycles. The van der Waals surface area contributed by atoms with Gasteiger partial charge in [0.2, 0.25) is 0 Å². The Labute approximate surface area is 143 Å². The van der Waals surface area contributed by atoms with Crippen LogP contribution >= 0.6 is 0 Å². The van der Waals surface area contributed by atoms with Gasteiger partial charge in [0.1, 0.15) is 0 Å². The van der Waals surface area contributed by atoms with E-state index in [1.54, 1.807) is 4.90 Å². The second-order valence-electron chi connectivity index (χ2n) is 6.51. The number of piperidine rings is 1. The number of carbonyl (C=O) groups is 2. The van der Waals surface area contributed by atoms with E-state index in [1.165, 1.54) is 0 Å². The maximum absolute atomic E-state index is 13.0. The molecular weight excluding hydrogens is 304 g/mol. The van der Waals surface area contributed by atoms with Crippen LogP contribution in [0, 0.1) is 0 Å². The smallest absolute Gasteiger partial charge is 0.321 e. The predicted octanol–water partition coefficient (Wildman–Crippen LogP) is 1.95. The van der Waals surface area contributed by atoms with Crippen molar-refractivity contribution in [2.45, 2.75) is 38.1 Å². The summed E-state index contributed by atoms with van der Waals surface area (Å²) in [6.07, 6.45) is 4.98. The van der Waals surface area contributed by atoms with Crippen molar-refractivity contribution < 1.29 is 9.59 Å². The molecule has 6 heteroatoms. The average Bonchev–Trinajstić information content (AvgIpc) is 2.62.